The van der Waals surface area contributed by atoms with Crippen molar-refractivity contribution in [2.75, 3.05) is 11.9 Å². The molecule has 0 aromatic heterocycles. The molecule has 0 unspecified atom stereocenters. The summed E-state index contributed by atoms with van der Waals surface area (Å²) in [6.07, 6.45) is 0. The quantitative estimate of drug-likeness (QED) is 0.622. The number of nitrogens with one attached hydrogen (secondary N) is 1. The van der Waals surface area contributed by atoms with Gasteiger partial charge in [-0.1, -0.05) is 17.7 Å². The fraction of sp³-hybridized carbons (Fsp3) is 0.0714. The Balaban J connectivity index is 1.96. The van der Waals surface area contributed by atoms with Crippen LogP contribution in [-0.4, -0.2) is 17.4 Å². The van der Waals surface area contributed by atoms with Gasteiger partial charge in [-0.3, -0.25) is 14.9 Å². The minimum Gasteiger partial charge on any atom is -0.484 e. The van der Waals surface area contributed by atoms with Crippen LogP contribution in [0.25, 0.3) is 0 Å². The Hall–Kier alpha value is -2.12. The van der Waals surface area contributed by atoms with Gasteiger partial charge in [-0.25, -0.2) is 0 Å². The van der Waals surface area contributed by atoms with Crippen molar-refractivity contribution < 1.29 is 14.5 Å². The minimum absolute atomic E-state index is 0.0694. The van der Waals surface area contributed by atoms with Crippen molar-refractivity contribution in [1.82, 2.24) is 0 Å². The number of anilines is 1. The van der Waals surface area contributed by atoms with Gasteiger partial charge in [-0.05, 0) is 40.2 Å². The maximum absolute atomic E-state index is 11.8. The number of non-ortho nitro benzene ring substituents is 1. The van der Waals surface area contributed by atoms with E-state index in [0.717, 1.165) is 0 Å². The summed E-state index contributed by atoms with van der Waals surface area (Å²) in [6, 6.07) is 10.7. The van der Waals surface area contributed by atoms with Crippen molar-refractivity contribution in [3.63, 3.8) is 0 Å². The predicted molar refractivity (Wildman–Crippen MR) is 86.4 cm³/mol. The van der Waals surface area contributed by atoms with Crippen molar-refractivity contribution >= 4 is 44.8 Å². The Kier molecular flexibility index (Phi) is 5.35. The number of nitro benzene ring substituents is 1. The van der Waals surface area contributed by atoms with Crippen molar-refractivity contribution in [3.8, 4) is 5.75 Å². The van der Waals surface area contributed by atoms with Crippen LogP contribution in [0.15, 0.2) is 46.9 Å². The average molecular weight is 386 g/mol. The summed E-state index contributed by atoms with van der Waals surface area (Å²) in [7, 11) is 0. The Morgan fingerprint density at radius 3 is 2.73 bits per heavy atom. The summed E-state index contributed by atoms with van der Waals surface area (Å²) in [5, 5.41) is 13.7. The molecular formula is C14H10BrClN2O4. The highest BCUT2D eigenvalue weighted by Crippen LogP contribution is 2.27. The summed E-state index contributed by atoms with van der Waals surface area (Å²) in [5.74, 6) is 0.0833. The monoisotopic (exact) mass is 384 g/mol. The lowest BCUT2D eigenvalue weighted by Gasteiger charge is -2.09. The Morgan fingerprint density at radius 2 is 2.09 bits per heavy atom. The first kappa shape index (κ1) is 16.3. The van der Waals surface area contributed by atoms with Crippen LogP contribution in [0.5, 0.6) is 5.75 Å². The number of carbonyl (C=O) groups is 1. The third-order valence-corrected chi connectivity index (χ3v) is 3.49. The summed E-state index contributed by atoms with van der Waals surface area (Å²) in [4.78, 5) is 21.9. The first-order valence-corrected chi connectivity index (χ1v) is 7.25. The smallest absolute Gasteiger partial charge is 0.270 e. The Morgan fingerprint density at radius 1 is 1.32 bits per heavy atom. The van der Waals surface area contributed by atoms with E-state index in [4.69, 9.17) is 16.3 Å². The van der Waals surface area contributed by atoms with Gasteiger partial charge in [0.2, 0.25) is 0 Å². The molecule has 2 aromatic carbocycles. The number of hydrogen-bond donors (Lipinski definition) is 1. The molecule has 0 heterocycles. The molecule has 0 bridgehead atoms. The van der Waals surface area contributed by atoms with Gasteiger partial charge in [-0.15, -0.1) is 0 Å². The van der Waals surface area contributed by atoms with Gasteiger partial charge in [0, 0.05) is 21.6 Å². The molecule has 0 fully saturated rings. The number of nitro groups is 1. The molecule has 0 aliphatic heterocycles. The van der Waals surface area contributed by atoms with Gasteiger partial charge in [0.15, 0.2) is 6.61 Å². The van der Waals surface area contributed by atoms with Gasteiger partial charge < -0.3 is 10.1 Å². The number of carbonyl (C=O) groups excluding carboxylic acids is 1. The van der Waals surface area contributed by atoms with E-state index >= 15 is 0 Å². The van der Waals surface area contributed by atoms with E-state index in [-0.39, 0.29) is 12.3 Å². The second kappa shape index (κ2) is 7.24. The van der Waals surface area contributed by atoms with Gasteiger partial charge in [0.05, 0.1) is 10.6 Å². The van der Waals surface area contributed by atoms with E-state index in [2.05, 4.69) is 21.2 Å². The second-order valence-electron chi connectivity index (χ2n) is 4.22. The first-order chi connectivity index (χ1) is 10.5. The summed E-state index contributed by atoms with van der Waals surface area (Å²) in [5.41, 5.74) is 0.352. The van der Waals surface area contributed by atoms with Crippen LogP contribution in [-0.2, 0) is 4.79 Å². The number of amides is 1. The largest absolute Gasteiger partial charge is 0.484 e. The van der Waals surface area contributed by atoms with Gasteiger partial charge >= 0.3 is 0 Å². The molecule has 0 saturated heterocycles. The Labute approximate surface area is 139 Å². The molecule has 114 valence electrons. The molecule has 0 aliphatic carbocycles. The van der Waals surface area contributed by atoms with Crippen molar-refractivity contribution in [3.05, 3.63) is 62.1 Å². The zero-order valence-electron chi connectivity index (χ0n) is 11.1. The van der Waals surface area contributed by atoms with Crippen LogP contribution >= 0.6 is 27.5 Å². The number of nitrogens with zero attached hydrogens (tertiary/aromatic N) is 1. The van der Waals surface area contributed by atoms with Crippen molar-refractivity contribution in [2.24, 2.45) is 0 Å². The molecule has 2 aromatic rings. The maximum atomic E-state index is 11.8. The lowest BCUT2D eigenvalue weighted by atomic mass is 10.3. The molecule has 22 heavy (non-hydrogen) atoms. The second-order valence-corrected chi connectivity index (χ2v) is 5.51. The van der Waals surface area contributed by atoms with E-state index in [0.29, 0.717) is 20.9 Å². The standard InChI is InChI=1S/C14H10BrClN2O4/c15-12-7-10(18(20)21)4-5-13(12)17-14(19)8-22-11-3-1-2-9(16)6-11/h1-7H,8H2,(H,17,19). The molecule has 6 nitrogen and oxygen atoms in total. The highest BCUT2D eigenvalue weighted by Gasteiger charge is 2.11. The summed E-state index contributed by atoms with van der Waals surface area (Å²) < 4.78 is 5.72. The lowest BCUT2D eigenvalue weighted by molar-refractivity contribution is -0.384. The van der Waals surface area contributed by atoms with Gasteiger partial charge in [-0.2, -0.15) is 0 Å². The molecule has 0 spiro atoms. The molecule has 0 aliphatic rings. The molecule has 1 amide bonds. The fourth-order valence-electron chi connectivity index (χ4n) is 1.61. The number of hydrogen-bond acceptors (Lipinski definition) is 4. The number of rotatable bonds is 5. The van der Waals surface area contributed by atoms with Crippen LogP contribution in [0.1, 0.15) is 0 Å². The molecule has 0 atom stereocenters. The highest BCUT2D eigenvalue weighted by molar-refractivity contribution is 9.10. The third-order valence-electron chi connectivity index (χ3n) is 2.60. The van der Waals surface area contributed by atoms with E-state index in [1.165, 1.54) is 18.2 Å². The molecule has 8 heteroatoms. The predicted octanol–water partition coefficient (Wildman–Crippen LogP) is 4.03. The van der Waals surface area contributed by atoms with Gasteiger partial charge in [0.25, 0.3) is 11.6 Å². The third kappa shape index (κ3) is 4.44. The Bertz CT molecular complexity index is 724. The van der Waals surface area contributed by atoms with E-state index < -0.39 is 10.8 Å². The normalized spacial score (nSPS) is 10.1. The topological polar surface area (TPSA) is 81.5 Å². The van der Waals surface area contributed by atoms with Crippen LogP contribution in [0.2, 0.25) is 5.02 Å². The van der Waals surface area contributed by atoms with E-state index in [1.807, 2.05) is 0 Å². The first-order valence-electron chi connectivity index (χ1n) is 6.08. The number of halogens is 2. The molecule has 0 radical (unpaired) electrons. The van der Waals surface area contributed by atoms with Crippen LogP contribution in [0.3, 0.4) is 0 Å². The molecule has 2 rings (SSSR count). The summed E-state index contributed by atoms with van der Waals surface area (Å²) in [6.45, 7) is -0.205. The molecule has 1 N–H and O–H groups in total. The number of benzene rings is 2. The highest BCUT2D eigenvalue weighted by atomic mass is 79.9. The van der Waals surface area contributed by atoms with Gasteiger partial charge in [0.1, 0.15) is 5.75 Å². The van der Waals surface area contributed by atoms with E-state index in [9.17, 15) is 14.9 Å². The van der Waals surface area contributed by atoms with Crippen LogP contribution < -0.4 is 10.1 Å². The number of ether oxygens (including phenoxy) is 1. The van der Waals surface area contributed by atoms with Crippen molar-refractivity contribution in [2.45, 2.75) is 0 Å². The van der Waals surface area contributed by atoms with Crippen molar-refractivity contribution in [1.29, 1.82) is 0 Å². The van der Waals surface area contributed by atoms with E-state index in [1.54, 1.807) is 24.3 Å². The fourth-order valence-corrected chi connectivity index (χ4v) is 2.26. The maximum Gasteiger partial charge on any atom is 0.270 e. The zero-order chi connectivity index (χ0) is 16.1. The summed E-state index contributed by atoms with van der Waals surface area (Å²) >= 11 is 8.98. The molecular weight excluding hydrogens is 376 g/mol. The molecule has 0 saturated carbocycles. The SMILES string of the molecule is O=C(COc1cccc(Cl)c1)Nc1ccc([N+](=O)[O-])cc1Br. The van der Waals surface area contributed by atoms with Crippen LogP contribution in [0, 0.1) is 10.1 Å². The minimum atomic E-state index is -0.515. The van der Waals surface area contributed by atoms with Crippen LogP contribution in [0.4, 0.5) is 11.4 Å². The zero-order valence-corrected chi connectivity index (χ0v) is 13.4. The average Bonchev–Trinajstić information content (AvgIpc) is 2.47. The lowest BCUT2D eigenvalue weighted by Crippen LogP contribution is -2.20.